The van der Waals surface area contributed by atoms with E-state index in [4.69, 9.17) is 5.11 Å². The molecular formula is C12H15BrFNO2S. The first-order valence-electron chi connectivity index (χ1n) is 5.39. The highest BCUT2D eigenvalue weighted by atomic mass is 79.9. The molecule has 0 aliphatic carbocycles. The van der Waals surface area contributed by atoms with E-state index in [9.17, 15) is 9.18 Å². The smallest absolute Gasteiger partial charge is 0.255 e. The number of rotatable bonds is 5. The Balaban J connectivity index is 2.83. The highest BCUT2D eigenvalue weighted by Crippen LogP contribution is 2.20. The van der Waals surface area contributed by atoms with Crippen LogP contribution in [0.5, 0.6) is 0 Å². The zero-order chi connectivity index (χ0) is 13.7. The van der Waals surface area contributed by atoms with Gasteiger partial charge in [0.2, 0.25) is 0 Å². The Kier molecular flexibility index (Phi) is 6.11. The minimum atomic E-state index is -0.571. The van der Waals surface area contributed by atoms with Gasteiger partial charge < -0.3 is 10.4 Å². The number of amides is 1. The normalized spacial score (nSPS) is 14.1. The Labute approximate surface area is 118 Å². The van der Waals surface area contributed by atoms with Crippen LogP contribution in [0.3, 0.4) is 0 Å². The quantitative estimate of drug-likeness (QED) is 0.868. The summed E-state index contributed by atoms with van der Waals surface area (Å²) in [7, 11) is 0. The number of benzene rings is 1. The molecule has 1 amide bonds. The Morgan fingerprint density at radius 1 is 1.61 bits per heavy atom. The first kappa shape index (κ1) is 15.5. The Hall–Kier alpha value is -0.590. The molecule has 0 saturated heterocycles. The molecule has 0 aromatic heterocycles. The standard InChI is InChI=1S/C12H15BrFNO2S/c1-7(10(6-16)18-2)15-12(17)11-8(13)4-3-5-9(11)14/h3-5,7,10,16H,6H2,1-2H3,(H,15,17). The highest BCUT2D eigenvalue weighted by molar-refractivity contribution is 9.10. The van der Waals surface area contributed by atoms with Crippen molar-refractivity contribution in [3.8, 4) is 0 Å². The summed E-state index contributed by atoms with van der Waals surface area (Å²) in [5, 5.41) is 11.7. The van der Waals surface area contributed by atoms with E-state index in [1.54, 1.807) is 13.0 Å². The molecular weight excluding hydrogens is 321 g/mol. The van der Waals surface area contributed by atoms with Gasteiger partial charge in [0.25, 0.3) is 5.91 Å². The molecule has 0 heterocycles. The lowest BCUT2D eigenvalue weighted by molar-refractivity contribution is 0.0931. The maximum absolute atomic E-state index is 13.6. The fraction of sp³-hybridized carbons (Fsp3) is 0.417. The van der Waals surface area contributed by atoms with Crippen molar-refractivity contribution in [2.45, 2.75) is 18.2 Å². The van der Waals surface area contributed by atoms with Gasteiger partial charge >= 0.3 is 0 Å². The Bertz CT molecular complexity index is 406. The number of hydrogen-bond acceptors (Lipinski definition) is 3. The molecule has 2 atom stereocenters. The topological polar surface area (TPSA) is 49.3 Å². The van der Waals surface area contributed by atoms with E-state index in [0.717, 1.165) is 0 Å². The molecule has 0 aliphatic heterocycles. The number of hydrogen-bond donors (Lipinski definition) is 2. The van der Waals surface area contributed by atoms with Gasteiger partial charge in [-0.3, -0.25) is 4.79 Å². The van der Waals surface area contributed by atoms with Crippen LogP contribution in [-0.2, 0) is 0 Å². The second-order valence-electron chi connectivity index (χ2n) is 3.82. The maximum Gasteiger partial charge on any atom is 0.255 e. The van der Waals surface area contributed by atoms with E-state index in [1.807, 2.05) is 6.26 Å². The third kappa shape index (κ3) is 3.70. The third-order valence-corrected chi connectivity index (χ3v) is 4.41. The third-order valence-electron chi connectivity index (χ3n) is 2.59. The first-order valence-corrected chi connectivity index (χ1v) is 7.47. The molecule has 100 valence electrons. The average Bonchev–Trinajstić information content (AvgIpc) is 2.30. The van der Waals surface area contributed by atoms with Crippen molar-refractivity contribution in [3.63, 3.8) is 0 Å². The van der Waals surface area contributed by atoms with Crippen LogP contribution in [0.1, 0.15) is 17.3 Å². The van der Waals surface area contributed by atoms with Crippen LogP contribution in [0, 0.1) is 5.82 Å². The van der Waals surface area contributed by atoms with Crippen LogP contribution in [0.15, 0.2) is 22.7 Å². The molecule has 1 rings (SSSR count). The predicted octanol–water partition coefficient (Wildman–Crippen LogP) is 2.43. The fourth-order valence-electron chi connectivity index (χ4n) is 1.52. The van der Waals surface area contributed by atoms with Gasteiger partial charge in [-0.1, -0.05) is 6.07 Å². The van der Waals surface area contributed by atoms with Crippen LogP contribution < -0.4 is 5.32 Å². The second-order valence-corrected chi connectivity index (χ2v) is 5.75. The summed E-state index contributed by atoms with van der Waals surface area (Å²) in [6, 6.07) is 4.13. The molecule has 0 radical (unpaired) electrons. The number of halogens is 2. The number of carbonyl (C=O) groups excluding carboxylic acids is 1. The molecule has 1 aromatic rings. The van der Waals surface area contributed by atoms with Crippen LogP contribution in [0.4, 0.5) is 4.39 Å². The summed E-state index contributed by atoms with van der Waals surface area (Å²) in [5.74, 6) is -1.06. The van der Waals surface area contributed by atoms with E-state index < -0.39 is 11.7 Å². The summed E-state index contributed by atoms with van der Waals surface area (Å²) < 4.78 is 14.0. The van der Waals surface area contributed by atoms with Crippen molar-refractivity contribution in [3.05, 3.63) is 34.1 Å². The largest absolute Gasteiger partial charge is 0.395 e. The van der Waals surface area contributed by atoms with Crippen LogP contribution in [0.25, 0.3) is 0 Å². The minimum absolute atomic E-state index is 0.0119. The van der Waals surface area contributed by atoms with E-state index in [-0.39, 0.29) is 23.5 Å². The average molecular weight is 336 g/mol. The number of aliphatic hydroxyl groups excluding tert-OH is 1. The van der Waals surface area contributed by atoms with Gasteiger partial charge in [0.05, 0.1) is 12.2 Å². The number of thioether (sulfide) groups is 1. The summed E-state index contributed by atoms with van der Waals surface area (Å²) in [4.78, 5) is 12.0. The molecule has 1 aromatic carbocycles. The molecule has 3 nitrogen and oxygen atoms in total. The SMILES string of the molecule is CSC(CO)C(C)NC(=O)c1c(F)cccc1Br. The molecule has 0 spiro atoms. The van der Waals surface area contributed by atoms with Gasteiger partial charge in [0.15, 0.2) is 0 Å². The van der Waals surface area contributed by atoms with Crippen LogP contribution >= 0.6 is 27.7 Å². The van der Waals surface area contributed by atoms with Crippen molar-refractivity contribution in [1.29, 1.82) is 0 Å². The summed E-state index contributed by atoms with van der Waals surface area (Å²) in [5.41, 5.74) is -0.0119. The van der Waals surface area contributed by atoms with Crippen molar-refractivity contribution in [2.75, 3.05) is 12.9 Å². The van der Waals surface area contributed by atoms with E-state index in [0.29, 0.717) is 4.47 Å². The number of nitrogens with one attached hydrogen (secondary N) is 1. The van der Waals surface area contributed by atoms with Crippen LogP contribution in [0.2, 0.25) is 0 Å². The molecule has 0 bridgehead atoms. The van der Waals surface area contributed by atoms with Gasteiger partial charge in [-0.05, 0) is 41.2 Å². The maximum atomic E-state index is 13.6. The fourth-order valence-corrected chi connectivity index (χ4v) is 2.67. The zero-order valence-electron chi connectivity index (χ0n) is 10.1. The van der Waals surface area contributed by atoms with Gasteiger partial charge in [0, 0.05) is 15.8 Å². The molecule has 0 aliphatic rings. The summed E-state index contributed by atoms with van der Waals surface area (Å²) in [6.07, 6.45) is 1.85. The van der Waals surface area contributed by atoms with Gasteiger partial charge in [-0.25, -0.2) is 4.39 Å². The van der Waals surface area contributed by atoms with E-state index in [1.165, 1.54) is 23.9 Å². The lowest BCUT2D eigenvalue weighted by Crippen LogP contribution is -2.41. The molecule has 6 heteroatoms. The first-order chi connectivity index (χ1) is 8.51. The van der Waals surface area contributed by atoms with Gasteiger partial charge in [-0.2, -0.15) is 11.8 Å². The van der Waals surface area contributed by atoms with Gasteiger partial charge in [0.1, 0.15) is 5.82 Å². The second kappa shape index (κ2) is 7.11. The summed E-state index contributed by atoms with van der Waals surface area (Å²) >= 11 is 4.61. The lowest BCUT2D eigenvalue weighted by Gasteiger charge is -2.21. The van der Waals surface area contributed by atoms with Crippen molar-refractivity contribution in [2.24, 2.45) is 0 Å². The zero-order valence-corrected chi connectivity index (χ0v) is 12.5. The minimum Gasteiger partial charge on any atom is -0.395 e. The Morgan fingerprint density at radius 2 is 2.28 bits per heavy atom. The molecule has 0 saturated carbocycles. The highest BCUT2D eigenvalue weighted by Gasteiger charge is 2.21. The molecule has 2 unspecified atom stereocenters. The lowest BCUT2D eigenvalue weighted by atomic mass is 10.1. The molecule has 0 fully saturated rings. The molecule has 2 N–H and O–H groups in total. The van der Waals surface area contributed by atoms with Crippen molar-refractivity contribution in [1.82, 2.24) is 5.32 Å². The van der Waals surface area contributed by atoms with E-state index in [2.05, 4.69) is 21.2 Å². The predicted molar refractivity (Wildman–Crippen MR) is 75.4 cm³/mol. The van der Waals surface area contributed by atoms with E-state index >= 15 is 0 Å². The van der Waals surface area contributed by atoms with Gasteiger partial charge in [-0.15, -0.1) is 0 Å². The van der Waals surface area contributed by atoms with Crippen LogP contribution in [-0.4, -0.2) is 35.2 Å². The number of carbonyl (C=O) groups is 1. The Morgan fingerprint density at radius 3 is 2.78 bits per heavy atom. The summed E-state index contributed by atoms with van der Waals surface area (Å²) in [6.45, 7) is 1.74. The number of aliphatic hydroxyl groups is 1. The molecule has 18 heavy (non-hydrogen) atoms. The van der Waals surface area contributed by atoms with Crippen molar-refractivity contribution < 1.29 is 14.3 Å². The monoisotopic (exact) mass is 335 g/mol. The van der Waals surface area contributed by atoms with Crippen molar-refractivity contribution >= 4 is 33.6 Å².